The highest BCUT2D eigenvalue weighted by Crippen LogP contribution is 2.33. The van der Waals surface area contributed by atoms with Crippen molar-refractivity contribution in [1.29, 1.82) is 0 Å². The minimum Gasteiger partial charge on any atom is -0.448 e. The Hall–Kier alpha value is -1.34. The maximum atomic E-state index is 11.7. The van der Waals surface area contributed by atoms with E-state index in [9.17, 15) is 19.8 Å². The largest absolute Gasteiger partial charge is 0.514 e. The summed E-state index contributed by atoms with van der Waals surface area (Å²) in [6, 6.07) is -0.349. The van der Waals surface area contributed by atoms with Crippen molar-refractivity contribution >= 4 is 12.2 Å². The molecule has 2 aliphatic heterocycles. The molecule has 2 aliphatic rings. The molecule has 7 heteroatoms. The van der Waals surface area contributed by atoms with Crippen LogP contribution in [0.5, 0.6) is 0 Å². The molecule has 0 saturated carbocycles. The van der Waals surface area contributed by atoms with Crippen LogP contribution in [-0.4, -0.2) is 75.7 Å². The summed E-state index contributed by atoms with van der Waals surface area (Å²) in [6.45, 7) is 6.87. The van der Waals surface area contributed by atoms with E-state index >= 15 is 0 Å². The van der Waals surface area contributed by atoms with Crippen LogP contribution in [0.3, 0.4) is 0 Å². The number of carboxylic acid groups (broad SMARTS) is 1. The van der Waals surface area contributed by atoms with Crippen LogP contribution in [0.4, 0.5) is 9.59 Å². The molecular weight excluding hydrogens is 264 g/mol. The summed E-state index contributed by atoms with van der Waals surface area (Å²) in [5, 5.41) is 20.0. The highest BCUT2D eigenvalue weighted by atomic mass is 16.6. The fourth-order valence-corrected chi connectivity index (χ4v) is 3.22. The Kier molecular flexibility index (Phi) is 3.68. The van der Waals surface area contributed by atoms with Crippen molar-refractivity contribution in [3.05, 3.63) is 0 Å². The van der Waals surface area contributed by atoms with E-state index < -0.39 is 23.8 Å². The molecule has 0 bridgehead atoms. The molecule has 3 unspecified atom stereocenters. The Morgan fingerprint density at radius 2 is 2.10 bits per heavy atom. The number of cyclic esters (lactones) is 1. The molecule has 20 heavy (non-hydrogen) atoms. The van der Waals surface area contributed by atoms with Gasteiger partial charge in [0, 0.05) is 6.42 Å². The molecule has 2 N–H and O–H groups in total. The maximum absolute atomic E-state index is 11.7. The lowest BCUT2D eigenvalue weighted by atomic mass is 9.91. The monoisotopic (exact) mass is 287 g/mol. The molecular formula is C13H23N2O5+. The van der Waals surface area contributed by atoms with Gasteiger partial charge in [-0.05, 0) is 20.8 Å². The number of nitrogens with zero attached hydrogens (tertiary/aromatic N) is 2. The first kappa shape index (κ1) is 15.1. The first-order valence-electron chi connectivity index (χ1n) is 6.91. The average Bonchev–Trinajstić information content (AvgIpc) is 2.73. The van der Waals surface area contributed by atoms with Gasteiger partial charge in [0.05, 0.1) is 19.1 Å². The molecule has 0 aromatic carbocycles. The number of likely N-dealkylation sites (tertiary alicyclic amines) is 1. The molecule has 0 spiro atoms. The maximum Gasteiger partial charge on any atom is 0.514 e. The Labute approximate surface area is 118 Å². The van der Waals surface area contributed by atoms with E-state index in [1.165, 1.54) is 4.90 Å². The van der Waals surface area contributed by atoms with Crippen LogP contribution < -0.4 is 0 Å². The van der Waals surface area contributed by atoms with Gasteiger partial charge in [-0.2, -0.15) is 4.79 Å². The fourth-order valence-electron chi connectivity index (χ4n) is 3.22. The predicted octanol–water partition coefficient (Wildman–Crippen LogP) is 0.865. The van der Waals surface area contributed by atoms with Gasteiger partial charge in [0.2, 0.25) is 0 Å². The van der Waals surface area contributed by atoms with Crippen LogP contribution in [0.15, 0.2) is 0 Å². The van der Waals surface area contributed by atoms with Crippen LogP contribution in [-0.2, 0) is 4.74 Å². The van der Waals surface area contributed by atoms with E-state index in [1.54, 1.807) is 0 Å². The van der Waals surface area contributed by atoms with E-state index in [4.69, 9.17) is 4.74 Å². The molecule has 2 heterocycles. The summed E-state index contributed by atoms with van der Waals surface area (Å²) in [7, 11) is 0. The Bertz CT molecular complexity index is 419. The summed E-state index contributed by atoms with van der Waals surface area (Å²) >= 11 is 0. The lowest BCUT2D eigenvalue weighted by molar-refractivity contribution is -0.911. The third kappa shape index (κ3) is 2.25. The van der Waals surface area contributed by atoms with Crippen molar-refractivity contribution in [1.82, 2.24) is 4.90 Å². The number of aliphatic hydroxyl groups is 1. The van der Waals surface area contributed by atoms with E-state index in [1.807, 2.05) is 20.8 Å². The molecule has 0 aromatic heterocycles. The van der Waals surface area contributed by atoms with Crippen LogP contribution in [0.1, 0.15) is 27.2 Å². The van der Waals surface area contributed by atoms with Crippen LogP contribution in [0.2, 0.25) is 0 Å². The third-order valence-electron chi connectivity index (χ3n) is 4.59. The fraction of sp³-hybridized carbons (Fsp3) is 0.846. The zero-order valence-electron chi connectivity index (χ0n) is 12.2. The number of carbonyl (C=O) groups is 2. The standard InChI is InChI=1S/C13H22N2O5/c1-13(2,3)15(12(18)19)6-4-9(10(16)8-15)14-5-7-20-11(14)17/h9-10,16H,4-8H2,1-3H3/p+1. The van der Waals surface area contributed by atoms with Crippen molar-refractivity contribution in [2.75, 3.05) is 26.2 Å². The van der Waals surface area contributed by atoms with Crippen molar-refractivity contribution in [2.24, 2.45) is 0 Å². The Morgan fingerprint density at radius 1 is 1.45 bits per heavy atom. The first-order valence-corrected chi connectivity index (χ1v) is 6.91. The number of hydrogen-bond donors (Lipinski definition) is 2. The van der Waals surface area contributed by atoms with Gasteiger partial charge in [0.25, 0.3) is 0 Å². The molecule has 2 fully saturated rings. The minimum absolute atomic E-state index is 0.104. The van der Waals surface area contributed by atoms with Gasteiger partial charge in [0.15, 0.2) is 0 Å². The van der Waals surface area contributed by atoms with Gasteiger partial charge in [-0.3, -0.25) is 4.90 Å². The number of amides is 2. The third-order valence-corrected chi connectivity index (χ3v) is 4.59. The van der Waals surface area contributed by atoms with Crippen LogP contribution in [0.25, 0.3) is 0 Å². The molecule has 0 aliphatic carbocycles. The number of aliphatic hydroxyl groups excluding tert-OH is 1. The molecule has 2 amide bonds. The number of hydrogen-bond acceptors (Lipinski definition) is 4. The van der Waals surface area contributed by atoms with Gasteiger partial charge < -0.3 is 14.9 Å². The number of carbonyl (C=O) groups excluding carboxylic acids is 1. The smallest absolute Gasteiger partial charge is 0.448 e. The molecule has 0 radical (unpaired) electrons. The Balaban J connectivity index is 2.19. The molecule has 0 aromatic rings. The summed E-state index contributed by atoms with van der Waals surface area (Å²) in [5.74, 6) is 0. The first-order chi connectivity index (χ1) is 9.19. The number of piperidine rings is 1. The zero-order valence-corrected chi connectivity index (χ0v) is 12.2. The topological polar surface area (TPSA) is 87.1 Å². The molecule has 2 saturated heterocycles. The van der Waals surface area contributed by atoms with Crippen LogP contribution in [0, 0.1) is 0 Å². The quantitative estimate of drug-likeness (QED) is 0.699. The summed E-state index contributed by atoms with van der Waals surface area (Å²) in [6.07, 6.45) is -1.75. The van der Waals surface area contributed by atoms with Crippen molar-refractivity contribution in [3.8, 4) is 0 Å². The second-order valence-electron chi connectivity index (χ2n) is 6.56. The lowest BCUT2D eigenvalue weighted by Crippen LogP contribution is -2.71. The minimum atomic E-state index is -0.931. The number of quaternary nitrogens is 1. The molecule has 7 nitrogen and oxygen atoms in total. The zero-order chi connectivity index (χ0) is 15.1. The van der Waals surface area contributed by atoms with E-state index in [0.29, 0.717) is 26.1 Å². The van der Waals surface area contributed by atoms with E-state index in [2.05, 4.69) is 0 Å². The van der Waals surface area contributed by atoms with Crippen molar-refractivity contribution in [2.45, 2.75) is 44.9 Å². The van der Waals surface area contributed by atoms with Gasteiger partial charge >= 0.3 is 12.2 Å². The van der Waals surface area contributed by atoms with Crippen LogP contribution >= 0.6 is 0 Å². The van der Waals surface area contributed by atoms with Gasteiger partial charge in [-0.1, -0.05) is 0 Å². The number of rotatable bonds is 1. The van der Waals surface area contributed by atoms with Gasteiger partial charge in [-0.15, -0.1) is 0 Å². The van der Waals surface area contributed by atoms with Crippen molar-refractivity contribution in [3.63, 3.8) is 0 Å². The van der Waals surface area contributed by atoms with E-state index in [0.717, 1.165) is 0 Å². The molecule has 3 atom stereocenters. The normalized spacial score (nSPS) is 35.0. The molecule has 114 valence electrons. The highest BCUT2D eigenvalue weighted by molar-refractivity contribution is 5.70. The lowest BCUT2D eigenvalue weighted by Gasteiger charge is -2.49. The second-order valence-corrected chi connectivity index (χ2v) is 6.56. The second kappa shape index (κ2) is 4.89. The van der Waals surface area contributed by atoms with Crippen molar-refractivity contribution < 1.29 is 29.0 Å². The SMILES string of the molecule is CC(C)(C)[N+]1(C(=O)O)CCC(N2CCOC2=O)C(O)C1. The summed E-state index contributed by atoms with van der Waals surface area (Å²) in [5.41, 5.74) is -0.511. The summed E-state index contributed by atoms with van der Waals surface area (Å²) < 4.78 is 4.70. The molecule has 2 rings (SSSR count). The Morgan fingerprint density at radius 3 is 2.50 bits per heavy atom. The highest BCUT2D eigenvalue weighted by Gasteiger charge is 2.54. The van der Waals surface area contributed by atoms with Gasteiger partial charge in [-0.25, -0.2) is 9.28 Å². The average molecular weight is 287 g/mol. The van der Waals surface area contributed by atoms with E-state index in [-0.39, 0.29) is 17.1 Å². The van der Waals surface area contributed by atoms with Gasteiger partial charge in [0.1, 0.15) is 24.8 Å². The number of ether oxygens (including phenoxy) is 1. The predicted molar refractivity (Wildman–Crippen MR) is 70.2 cm³/mol. The summed E-state index contributed by atoms with van der Waals surface area (Å²) in [4.78, 5) is 24.8.